The van der Waals surface area contributed by atoms with Gasteiger partial charge in [0, 0.05) is 13.1 Å². The Bertz CT molecular complexity index is 981. The summed E-state index contributed by atoms with van der Waals surface area (Å²) < 4.78 is 5.38. The molecule has 0 spiro atoms. The normalized spacial score (nSPS) is 24.6. The molecule has 1 saturated carbocycles. The fourth-order valence-corrected chi connectivity index (χ4v) is 5.98. The third kappa shape index (κ3) is 3.65. The van der Waals surface area contributed by atoms with Crippen LogP contribution in [0.4, 0.5) is 0 Å². The second kappa shape index (κ2) is 8.28. The topological polar surface area (TPSA) is 12.5 Å². The highest BCUT2D eigenvalue weighted by molar-refractivity contribution is 5.44. The number of hydrogen-bond acceptors (Lipinski definition) is 2. The van der Waals surface area contributed by atoms with Crippen molar-refractivity contribution in [3.05, 3.63) is 101 Å². The molecule has 0 N–H and O–H groups in total. The SMILES string of the molecule is COc1ccc(C2CC3c4ccccc4C2CC3CN(C)Cc2ccccc2)cc1. The van der Waals surface area contributed by atoms with Crippen LogP contribution in [0.3, 0.4) is 0 Å². The van der Waals surface area contributed by atoms with Crippen molar-refractivity contribution in [3.8, 4) is 5.75 Å². The van der Waals surface area contributed by atoms with Gasteiger partial charge in [-0.15, -0.1) is 0 Å². The van der Waals surface area contributed by atoms with E-state index in [1.807, 2.05) is 0 Å². The van der Waals surface area contributed by atoms with Crippen LogP contribution in [0.15, 0.2) is 78.9 Å². The summed E-state index contributed by atoms with van der Waals surface area (Å²) in [6.45, 7) is 2.19. The lowest BCUT2D eigenvalue weighted by molar-refractivity contribution is 0.162. The summed E-state index contributed by atoms with van der Waals surface area (Å²) in [5, 5.41) is 0. The number of rotatable bonds is 6. The number of fused-ring (bicyclic) bond motifs is 2. The predicted octanol–water partition coefficient (Wildman–Crippen LogP) is 6.20. The van der Waals surface area contributed by atoms with E-state index >= 15 is 0 Å². The third-order valence-corrected chi connectivity index (χ3v) is 7.30. The maximum Gasteiger partial charge on any atom is 0.118 e. The number of hydrogen-bond donors (Lipinski definition) is 0. The zero-order valence-corrected chi connectivity index (χ0v) is 18.0. The molecule has 30 heavy (non-hydrogen) atoms. The number of ether oxygens (including phenoxy) is 1. The summed E-state index contributed by atoms with van der Waals surface area (Å²) in [5.41, 5.74) is 6.07. The first kappa shape index (κ1) is 19.4. The molecule has 4 unspecified atom stereocenters. The average molecular weight is 398 g/mol. The Morgan fingerprint density at radius 2 is 1.43 bits per heavy atom. The fraction of sp³-hybridized carbons (Fsp3) is 0.357. The van der Waals surface area contributed by atoms with Gasteiger partial charge in [0.25, 0.3) is 0 Å². The molecule has 0 saturated heterocycles. The van der Waals surface area contributed by atoms with Gasteiger partial charge in [-0.25, -0.2) is 0 Å². The molecule has 154 valence electrons. The molecule has 0 heterocycles. The number of methoxy groups -OCH3 is 1. The molecule has 2 heteroatoms. The molecule has 4 atom stereocenters. The molecule has 6 rings (SSSR count). The quantitative estimate of drug-likeness (QED) is 0.491. The smallest absolute Gasteiger partial charge is 0.118 e. The van der Waals surface area contributed by atoms with E-state index in [0.29, 0.717) is 17.8 Å². The van der Waals surface area contributed by atoms with Gasteiger partial charge in [0.05, 0.1) is 7.11 Å². The Morgan fingerprint density at radius 3 is 2.13 bits per heavy atom. The molecule has 3 aliphatic rings. The van der Waals surface area contributed by atoms with Crippen LogP contribution in [0.5, 0.6) is 5.75 Å². The molecule has 2 bridgehead atoms. The zero-order chi connectivity index (χ0) is 20.5. The highest BCUT2D eigenvalue weighted by Crippen LogP contribution is 2.58. The van der Waals surface area contributed by atoms with Gasteiger partial charge in [0.1, 0.15) is 5.75 Å². The van der Waals surface area contributed by atoms with Gasteiger partial charge in [-0.2, -0.15) is 0 Å². The molecule has 0 aromatic heterocycles. The number of nitrogens with zero attached hydrogens (tertiary/aromatic N) is 1. The van der Waals surface area contributed by atoms with E-state index in [-0.39, 0.29) is 0 Å². The minimum Gasteiger partial charge on any atom is -0.497 e. The van der Waals surface area contributed by atoms with E-state index in [9.17, 15) is 0 Å². The molecular weight excluding hydrogens is 366 g/mol. The van der Waals surface area contributed by atoms with Crippen molar-refractivity contribution in [2.24, 2.45) is 5.92 Å². The molecule has 0 radical (unpaired) electrons. The van der Waals surface area contributed by atoms with E-state index in [4.69, 9.17) is 4.74 Å². The van der Waals surface area contributed by atoms with Gasteiger partial charge in [-0.3, -0.25) is 0 Å². The van der Waals surface area contributed by atoms with Crippen molar-refractivity contribution in [2.45, 2.75) is 37.1 Å². The fourth-order valence-electron chi connectivity index (χ4n) is 5.98. The van der Waals surface area contributed by atoms with Crippen LogP contribution in [0.2, 0.25) is 0 Å². The van der Waals surface area contributed by atoms with E-state index in [1.165, 1.54) is 30.5 Å². The lowest BCUT2D eigenvalue weighted by Crippen LogP contribution is -2.39. The van der Waals surface area contributed by atoms with E-state index in [2.05, 4.69) is 90.8 Å². The zero-order valence-electron chi connectivity index (χ0n) is 18.0. The molecule has 0 aliphatic heterocycles. The summed E-state index contributed by atoms with van der Waals surface area (Å²) >= 11 is 0. The third-order valence-electron chi connectivity index (χ3n) is 7.30. The molecule has 3 aromatic carbocycles. The van der Waals surface area contributed by atoms with Crippen LogP contribution in [0.1, 0.15) is 52.8 Å². The highest BCUT2D eigenvalue weighted by Gasteiger charge is 2.45. The first-order valence-corrected chi connectivity index (χ1v) is 11.2. The summed E-state index contributed by atoms with van der Waals surface area (Å²) in [7, 11) is 4.02. The van der Waals surface area contributed by atoms with Crippen LogP contribution in [-0.4, -0.2) is 25.6 Å². The lowest BCUT2D eigenvalue weighted by Gasteiger charge is -2.49. The monoisotopic (exact) mass is 397 g/mol. The van der Waals surface area contributed by atoms with Crippen molar-refractivity contribution >= 4 is 0 Å². The molecule has 3 aromatic rings. The Morgan fingerprint density at radius 1 is 0.767 bits per heavy atom. The first-order valence-electron chi connectivity index (χ1n) is 11.2. The largest absolute Gasteiger partial charge is 0.497 e. The maximum absolute atomic E-state index is 5.38. The predicted molar refractivity (Wildman–Crippen MR) is 123 cm³/mol. The van der Waals surface area contributed by atoms with Crippen LogP contribution < -0.4 is 4.74 Å². The Labute approximate surface area is 180 Å². The molecule has 0 amide bonds. The maximum atomic E-state index is 5.38. The van der Waals surface area contributed by atoms with Crippen molar-refractivity contribution in [2.75, 3.05) is 20.7 Å². The van der Waals surface area contributed by atoms with E-state index < -0.39 is 0 Å². The Kier molecular flexibility index (Phi) is 5.35. The van der Waals surface area contributed by atoms with Crippen LogP contribution in [-0.2, 0) is 6.54 Å². The summed E-state index contributed by atoms with van der Waals surface area (Å²) in [4.78, 5) is 2.52. The second-order valence-corrected chi connectivity index (χ2v) is 9.14. The van der Waals surface area contributed by atoms with Crippen molar-refractivity contribution < 1.29 is 4.74 Å². The molecular formula is C28H31NO. The lowest BCUT2D eigenvalue weighted by atomic mass is 9.56. The molecule has 2 nitrogen and oxygen atoms in total. The van der Waals surface area contributed by atoms with E-state index in [0.717, 1.165) is 18.2 Å². The summed E-state index contributed by atoms with van der Waals surface area (Å²) in [6.07, 6.45) is 2.55. The first-order chi connectivity index (χ1) is 14.7. The Hall–Kier alpha value is -2.58. The van der Waals surface area contributed by atoms with E-state index in [1.54, 1.807) is 18.2 Å². The number of benzene rings is 3. The van der Waals surface area contributed by atoms with Gasteiger partial charge in [-0.05, 0) is 77.9 Å². The minimum atomic E-state index is 0.617. The second-order valence-electron chi connectivity index (χ2n) is 9.14. The van der Waals surface area contributed by atoms with Gasteiger partial charge in [-0.1, -0.05) is 66.7 Å². The summed E-state index contributed by atoms with van der Waals surface area (Å²) in [5.74, 6) is 3.56. The van der Waals surface area contributed by atoms with Crippen LogP contribution >= 0.6 is 0 Å². The minimum absolute atomic E-state index is 0.617. The Balaban J connectivity index is 1.37. The molecule has 1 fully saturated rings. The molecule has 3 aliphatic carbocycles. The van der Waals surface area contributed by atoms with Gasteiger partial charge in [0.2, 0.25) is 0 Å². The van der Waals surface area contributed by atoms with Crippen molar-refractivity contribution in [1.29, 1.82) is 0 Å². The average Bonchev–Trinajstić information content (AvgIpc) is 2.80. The highest BCUT2D eigenvalue weighted by atomic mass is 16.5. The van der Waals surface area contributed by atoms with Gasteiger partial charge >= 0.3 is 0 Å². The van der Waals surface area contributed by atoms with Gasteiger partial charge in [0.15, 0.2) is 0 Å². The van der Waals surface area contributed by atoms with Crippen LogP contribution in [0, 0.1) is 5.92 Å². The van der Waals surface area contributed by atoms with Crippen molar-refractivity contribution in [3.63, 3.8) is 0 Å². The van der Waals surface area contributed by atoms with Crippen molar-refractivity contribution in [1.82, 2.24) is 4.90 Å². The standard InChI is InChI=1S/C28H31NO/c1-29(18-20-8-4-3-5-9-20)19-22-16-28-25-11-7-6-10-24(25)27(22)17-26(28)21-12-14-23(30-2)15-13-21/h3-15,22,26-28H,16-19H2,1-2H3. The van der Waals surface area contributed by atoms with Crippen LogP contribution in [0.25, 0.3) is 0 Å². The van der Waals surface area contributed by atoms with Gasteiger partial charge < -0.3 is 9.64 Å². The summed E-state index contributed by atoms with van der Waals surface area (Å²) in [6, 6.07) is 28.9.